The maximum atomic E-state index is 11.8. The van der Waals surface area contributed by atoms with Gasteiger partial charge < -0.3 is 15.8 Å². The number of carbonyl (C=O) groups is 1. The van der Waals surface area contributed by atoms with Gasteiger partial charge in [-0.1, -0.05) is 0 Å². The number of hydrogen-bond donors (Lipinski definition) is 2. The average Bonchev–Trinajstić information content (AvgIpc) is 2.96. The number of rotatable bonds is 3. The fourth-order valence-corrected chi connectivity index (χ4v) is 2.80. The van der Waals surface area contributed by atoms with E-state index in [0.717, 1.165) is 11.1 Å². The zero-order chi connectivity index (χ0) is 14.8. The van der Waals surface area contributed by atoms with Gasteiger partial charge in [-0.2, -0.15) is 0 Å². The lowest BCUT2D eigenvalue weighted by Crippen LogP contribution is -2.08. The normalized spacial score (nSPS) is 10.5. The van der Waals surface area contributed by atoms with Crippen LogP contribution in [0.5, 0.6) is 0 Å². The molecule has 0 saturated heterocycles. The van der Waals surface area contributed by atoms with Gasteiger partial charge in [0.15, 0.2) is 0 Å². The minimum Gasteiger partial charge on any atom is -0.465 e. The molecule has 106 valence electrons. The quantitative estimate of drug-likeness (QED) is 0.725. The Labute approximate surface area is 125 Å². The van der Waals surface area contributed by atoms with Gasteiger partial charge >= 0.3 is 5.97 Å². The summed E-state index contributed by atoms with van der Waals surface area (Å²) in [5.74, 6) is -0.0560. The molecule has 0 bridgehead atoms. The highest BCUT2D eigenvalue weighted by Gasteiger charge is 2.14. The predicted octanol–water partition coefficient (Wildman–Crippen LogP) is 3.41. The lowest BCUT2D eigenvalue weighted by molar-refractivity contribution is 0.0601. The number of nitrogens with two attached hydrogens (primary N) is 1. The molecule has 0 unspecified atom stereocenters. The number of fused-ring (bicyclic) bond motifs is 1. The summed E-state index contributed by atoms with van der Waals surface area (Å²) in [7, 11) is 1.33. The Bertz CT molecular complexity index is 814. The minimum absolute atomic E-state index is 0.308. The molecular weight excluding hydrogens is 286 g/mol. The van der Waals surface area contributed by atoms with E-state index in [1.807, 2.05) is 29.6 Å². The van der Waals surface area contributed by atoms with Crippen LogP contribution < -0.4 is 11.1 Å². The zero-order valence-electron chi connectivity index (χ0n) is 11.3. The van der Waals surface area contributed by atoms with Gasteiger partial charge in [0.1, 0.15) is 11.4 Å². The van der Waals surface area contributed by atoms with E-state index in [4.69, 9.17) is 10.5 Å². The summed E-state index contributed by atoms with van der Waals surface area (Å²) in [5, 5.41) is 6.31. The van der Waals surface area contributed by atoms with Crippen LogP contribution in [0.25, 0.3) is 10.1 Å². The number of carbonyl (C=O) groups excluding carboxylic acids is 1. The van der Waals surface area contributed by atoms with Crippen molar-refractivity contribution in [1.82, 2.24) is 4.98 Å². The van der Waals surface area contributed by atoms with Gasteiger partial charge in [0.25, 0.3) is 0 Å². The lowest BCUT2D eigenvalue weighted by Gasteiger charge is -2.10. The molecule has 0 fully saturated rings. The first kappa shape index (κ1) is 13.4. The van der Waals surface area contributed by atoms with E-state index >= 15 is 0 Å². The Balaban J connectivity index is 1.98. The fourth-order valence-electron chi connectivity index (χ4n) is 2.03. The highest BCUT2D eigenvalue weighted by molar-refractivity contribution is 7.17. The van der Waals surface area contributed by atoms with Crippen molar-refractivity contribution < 1.29 is 9.53 Å². The first-order valence-corrected chi connectivity index (χ1v) is 7.13. The van der Waals surface area contributed by atoms with Gasteiger partial charge in [-0.15, -0.1) is 11.3 Å². The Hall–Kier alpha value is -2.60. The van der Waals surface area contributed by atoms with Crippen LogP contribution in [0.3, 0.4) is 0 Å². The third kappa shape index (κ3) is 2.66. The van der Waals surface area contributed by atoms with Crippen molar-refractivity contribution in [2.45, 2.75) is 0 Å². The van der Waals surface area contributed by atoms with E-state index in [9.17, 15) is 4.79 Å². The van der Waals surface area contributed by atoms with E-state index in [-0.39, 0.29) is 0 Å². The topological polar surface area (TPSA) is 77.2 Å². The summed E-state index contributed by atoms with van der Waals surface area (Å²) in [6.45, 7) is 0. The van der Waals surface area contributed by atoms with E-state index in [2.05, 4.69) is 10.3 Å². The van der Waals surface area contributed by atoms with Crippen molar-refractivity contribution in [3.8, 4) is 0 Å². The van der Waals surface area contributed by atoms with Crippen molar-refractivity contribution >= 4 is 44.6 Å². The largest absolute Gasteiger partial charge is 0.465 e. The first-order chi connectivity index (χ1) is 10.2. The molecule has 0 aliphatic heterocycles. The molecule has 0 radical (unpaired) electrons. The van der Waals surface area contributed by atoms with Gasteiger partial charge in [-0.3, -0.25) is 0 Å². The Morgan fingerprint density at radius 2 is 2.19 bits per heavy atom. The number of methoxy groups -OCH3 is 1. The minimum atomic E-state index is -0.478. The highest BCUT2D eigenvalue weighted by Crippen LogP contribution is 2.27. The third-order valence-corrected chi connectivity index (χ3v) is 3.93. The molecule has 3 aromatic rings. The highest BCUT2D eigenvalue weighted by atomic mass is 32.1. The van der Waals surface area contributed by atoms with Crippen LogP contribution >= 0.6 is 11.3 Å². The van der Waals surface area contributed by atoms with Crippen LogP contribution in [-0.4, -0.2) is 18.1 Å². The van der Waals surface area contributed by atoms with Crippen molar-refractivity contribution in [2.24, 2.45) is 0 Å². The molecular formula is C15H13N3O2S. The smallest absolute Gasteiger partial charge is 0.341 e. The SMILES string of the molecule is COC(=O)c1cc(N)cnc1Nc1ccc2sccc2c1. The summed E-state index contributed by atoms with van der Waals surface area (Å²) >= 11 is 1.68. The summed E-state index contributed by atoms with van der Waals surface area (Å²) < 4.78 is 5.96. The predicted molar refractivity (Wildman–Crippen MR) is 85.1 cm³/mol. The molecule has 2 heterocycles. The van der Waals surface area contributed by atoms with Crippen LogP contribution in [-0.2, 0) is 4.74 Å². The maximum Gasteiger partial charge on any atom is 0.341 e. The van der Waals surface area contributed by atoms with Crippen molar-refractivity contribution in [2.75, 3.05) is 18.2 Å². The van der Waals surface area contributed by atoms with E-state index in [0.29, 0.717) is 17.1 Å². The number of nitrogen functional groups attached to an aromatic ring is 1. The molecule has 21 heavy (non-hydrogen) atoms. The maximum absolute atomic E-state index is 11.8. The lowest BCUT2D eigenvalue weighted by atomic mass is 10.2. The number of pyridine rings is 1. The molecule has 0 aliphatic carbocycles. The summed E-state index contributed by atoms with van der Waals surface area (Å²) in [4.78, 5) is 16.0. The van der Waals surface area contributed by atoms with Crippen LogP contribution in [0.1, 0.15) is 10.4 Å². The molecule has 3 N–H and O–H groups in total. The average molecular weight is 299 g/mol. The number of esters is 1. The molecule has 0 atom stereocenters. The first-order valence-electron chi connectivity index (χ1n) is 6.25. The Morgan fingerprint density at radius 3 is 3.00 bits per heavy atom. The fraction of sp³-hybridized carbons (Fsp3) is 0.0667. The third-order valence-electron chi connectivity index (χ3n) is 3.03. The molecule has 0 spiro atoms. The Kier molecular flexibility index (Phi) is 3.45. The zero-order valence-corrected chi connectivity index (χ0v) is 12.1. The molecule has 1 aromatic carbocycles. The molecule has 0 amide bonds. The monoisotopic (exact) mass is 299 g/mol. The second-order valence-electron chi connectivity index (χ2n) is 4.45. The molecule has 6 heteroatoms. The Morgan fingerprint density at radius 1 is 1.33 bits per heavy atom. The summed E-state index contributed by atoms with van der Waals surface area (Å²) in [6.07, 6.45) is 1.50. The standard InChI is InChI=1S/C15H13N3O2S/c1-20-15(19)12-7-10(16)8-17-14(12)18-11-2-3-13-9(6-11)4-5-21-13/h2-8H,16H2,1H3,(H,17,18). The summed E-state index contributed by atoms with van der Waals surface area (Å²) in [6, 6.07) is 9.56. The van der Waals surface area contributed by atoms with Crippen molar-refractivity contribution in [1.29, 1.82) is 0 Å². The van der Waals surface area contributed by atoms with Gasteiger partial charge in [-0.05, 0) is 41.1 Å². The molecule has 5 nitrogen and oxygen atoms in total. The summed E-state index contributed by atoms with van der Waals surface area (Å²) in [5.41, 5.74) is 7.25. The van der Waals surface area contributed by atoms with Crippen LogP contribution in [0.15, 0.2) is 41.9 Å². The number of nitrogens with one attached hydrogen (secondary N) is 1. The number of hydrogen-bond acceptors (Lipinski definition) is 6. The van der Waals surface area contributed by atoms with Gasteiger partial charge in [0.2, 0.25) is 0 Å². The number of aromatic nitrogens is 1. The van der Waals surface area contributed by atoms with Gasteiger partial charge in [-0.25, -0.2) is 9.78 Å². The second-order valence-corrected chi connectivity index (χ2v) is 5.40. The van der Waals surface area contributed by atoms with Crippen molar-refractivity contribution in [3.63, 3.8) is 0 Å². The van der Waals surface area contributed by atoms with Crippen LogP contribution in [0.2, 0.25) is 0 Å². The van der Waals surface area contributed by atoms with Crippen molar-refractivity contribution in [3.05, 3.63) is 47.5 Å². The van der Waals surface area contributed by atoms with E-state index in [1.165, 1.54) is 18.0 Å². The molecule has 0 saturated carbocycles. The number of thiophene rings is 1. The van der Waals surface area contributed by atoms with Gasteiger partial charge in [0.05, 0.1) is 19.0 Å². The number of ether oxygens (including phenoxy) is 1. The van der Waals surface area contributed by atoms with E-state index < -0.39 is 5.97 Å². The number of benzene rings is 1. The molecule has 0 aliphatic rings. The van der Waals surface area contributed by atoms with E-state index in [1.54, 1.807) is 17.4 Å². The molecule has 3 rings (SSSR count). The number of anilines is 3. The van der Waals surface area contributed by atoms with Crippen LogP contribution in [0.4, 0.5) is 17.2 Å². The number of nitrogens with zero attached hydrogens (tertiary/aromatic N) is 1. The van der Waals surface area contributed by atoms with Crippen LogP contribution in [0, 0.1) is 0 Å². The van der Waals surface area contributed by atoms with Gasteiger partial charge in [0, 0.05) is 10.4 Å². The molecule has 2 aromatic heterocycles. The second kappa shape index (κ2) is 5.41.